The number of amides is 1. The van der Waals surface area contributed by atoms with Crippen LogP contribution in [-0.4, -0.2) is 31.1 Å². The van der Waals surface area contributed by atoms with Crippen LogP contribution in [0, 0.1) is 18.3 Å². The molecule has 0 N–H and O–H groups in total. The van der Waals surface area contributed by atoms with Gasteiger partial charge in [0.05, 0.1) is 12.5 Å². The monoisotopic (exact) mass is 400 g/mol. The second-order valence-corrected chi connectivity index (χ2v) is 6.50. The van der Waals surface area contributed by atoms with Crippen molar-refractivity contribution >= 4 is 29.2 Å². The van der Waals surface area contributed by atoms with E-state index in [1.165, 1.54) is 11.8 Å². The molecule has 146 valence electrons. The number of carbonyl (C=O) groups excluding carboxylic acids is 2. The van der Waals surface area contributed by atoms with Crippen molar-refractivity contribution in [2.24, 2.45) is 0 Å². The summed E-state index contributed by atoms with van der Waals surface area (Å²) < 4.78 is 10.7. The molecule has 0 aliphatic carbocycles. The lowest BCUT2D eigenvalue weighted by Gasteiger charge is -2.25. The molecule has 0 radical (unpaired) electrons. The van der Waals surface area contributed by atoms with E-state index in [2.05, 4.69) is 0 Å². The summed E-state index contributed by atoms with van der Waals surface area (Å²) in [5.41, 5.74) is 1.43. The Labute approximate surface area is 169 Å². The summed E-state index contributed by atoms with van der Waals surface area (Å²) >= 11 is 5.89. The van der Waals surface area contributed by atoms with Crippen molar-refractivity contribution in [2.75, 3.05) is 18.1 Å². The first kappa shape index (κ1) is 21.3. The number of nitrogens with zero attached hydrogens (tertiary/aromatic N) is 2. The highest BCUT2D eigenvalue weighted by molar-refractivity contribution is 6.30. The molecular weight excluding hydrogens is 380 g/mol. The molecule has 0 bridgehead atoms. The van der Waals surface area contributed by atoms with Crippen LogP contribution in [0.5, 0.6) is 5.75 Å². The summed E-state index contributed by atoms with van der Waals surface area (Å²) in [5.74, 6) is -0.554. The van der Waals surface area contributed by atoms with Gasteiger partial charge in [-0.3, -0.25) is 4.79 Å². The molecule has 0 heterocycles. The summed E-state index contributed by atoms with van der Waals surface area (Å²) in [4.78, 5) is 26.3. The minimum absolute atomic E-state index is 0.167. The maximum Gasteiger partial charge on any atom is 0.344 e. The highest BCUT2D eigenvalue weighted by atomic mass is 35.5. The number of esters is 1. The Kier molecular flexibility index (Phi) is 7.85. The number of hydrogen-bond donors (Lipinski definition) is 0. The molecule has 1 amide bonds. The summed E-state index contributed by atoms with van der Waals surface area (Å²) in [7, 11) is 0. The van der Waals surface area contributed by atoms with Crippen LogP contribution in [0.15, 0.2) is 48.5 Å². The number of aryl methyl sites for hydroxylation is 1. The number of anilines is 1. The van der Waals surface area contributed by atoms with E-state index in [4.69, 9.17) is 26.3 Å². The zero-order chi connectivity index (χ0) is 20.5. The van der Waals surface area contributed by atoms with Crippen molar-refractivity contribution in [2.45, 2.75) is 26.4 Å². The van der Waals surface area contributed by atoms with Crippen molar-refractivity contribution < 1.29 is 19.1 Å². The quantitative estimate of drug-likeness (QED) is 0.628. The number of ether oxygens (including phenoxy) is 2. The van der Waals surface area contributed by atoms with E-state index < -0.39 is 18.0 Å². The summed E-state index contributed by atoms with van der Waals surface area (Å²) in [6.45, 7) is 3.19. The van der Waals surface area contributed by atoms with Gasteiger partial charge in [0.1, 0.15) is 5.75 Å². The molecule has 2 aromatic carbocycles. The maximum absolute atomic E-state index is 12.7. The highest BCUT2D eigenvalue weighted by Gasteiger charge is 2.25. The Morgan fingerprint density at radius 3 is 2.57 bits per heavy atom. The van der Waals surface area contributed by atoms with E-state index in [-0.39, 0.29) is 19.6 Å². The Morgan fingerprint density at radius 2 is 1.93 bits per heavy atom. The second-order valence-electron chi connectivity index (χ2n) is 6.06. The lowest BCUT2D eigenvalue weighted by Crippen LogP contribution is -2.41. The van der Waals surface area contributed by atoms with Crippen LogP contribution in [0.2, 0.25) is 5.02 Å². The third-order valence-corrected chi connectivity index (χ3v) is 4.15. The Balaban J connectivity index is 1.97. The third kappa shape index (κ3) is 6.00. The lowest BCUT2D eigenvalue weighted by atomic mass is 10.2. The predicted octanol–water partition coefficient (Wildman–Crippen LogP) is 3.91. The summed E-state index contributed by atoms with van der Waals surface area (Å²) in [5, 5.41) is 9.42. The van der Waals surface area contributed by atoms with Gasteiger partial charge in [-0.1, -0.05) is 29.8 Å². The van der Waals surface area contributed by atoms with Crippen molar-refractivity contribution in [3.63, 3.8) is 0 Å². The minimum Gasteiger partial charge on any atom is -0.482 e. The van der Waals surface area contributed by atoms with Gasteiger partial charge in [0.2, 0.25) is 0 Å². The van der Waals surface area contributed by atoms with E-state index in [1.807, 2.05) is 19.1 Å². The highest BCUT2D eigenvalue weighted by Crippen LogP contribution is 2.22. The average Bonchev–Trinajstić information content (AvgIpc) is 2.68. The molecular formula is C21H21ClN2O4. The second kappa shape index (κ2) is 10.3. The van der Waals surface area contributed by atoms with Gasteiger partial charge in [0, 0.05) is 17.3 Å². The first-order valence-corrected chi connectivity index (χ1v) is 9.12. The normalized spacial score (nSPS) is 11.2. The minimum atomic E-state index is -1.01. The fourth-order valence-electron chi connectivity index (χ4n) is 2.55. The zero-order valence-electron chi connectivity index (χ0n) is 15.7. The van der Waals surface area contributed by atoms with Crippen LogP contribution in [0.4, 0.5) is 5.69 Å². The topological polar surface area (TPSA) is 79.6 Å². The van der Waals surface area contributed by atoms with E-state index in [0.29, 0.717) is 16.5 Å². The van der Waals surface area contributed by atoms with Crippen molar-refractivity contribution in [3.8, 4) is 11.8 Å². The number of carbonyl (C=O) groups is 2. The van der Waals surface area contributed by atoms with Crippen LogP contribution >= 0.6 is 11.6 Å². The fraction of sp³-hybridized carbons (Fsp3) is 0.286. The van der Waals surface area contributed by atoms with Crippen LogP contribution < -0.4 is 9.64 Å². The molecule has 0 aliphatic heterocycles. The van der Waals surface area contributed by atoms with Gasteiger partial charge < -0.3 is 14.4 Å². The van der Waals surface area contributed by atoms with E-state index in [0.717, 1.165) is 5.56 Å². The van der Waals surface area contributed by atoms with Crippen molar-refractivity contribution in [1.82, 2.24) is 0 Å². The summed E-state index contributed by atoms with van der Waals surface area (Å²) in [6, 6.07) is 16.0. The molecule has 1 atom stereocenters. The molecule has 7 heteroatoms. The number of hydrogen-bond acceptors (Lipinski definition) is 5. The number of para-hydroxylation sites is 1. The zero-order valence-corrected chi connectivity index (χ0v) is 16.5. The first-order chi connectivity index (χ1) is 13.4. The van der Waals surface area contributed by atoms with E-state index in [1.54, 1.807) is 42.5 Å². The Morgan fingerprint density at radius 1 is 1.21 bits per heavy atom. The molecule has 2 aromatic rings. The maximum atomic E-state index is 12.7. The Hall–Kier alpha value is -3.04. The predicted molar refractivity (Wildman–Crippen MR) is 106 cm³/mol. The third-order valence-electron chi connectivity index (χ3n) is 3.92. The number of nitriles is 1. The van der Waals surface area contributed by atoms with E-state index >= 15 is 0 Å². The SMILES string of the molecule is Cc1cc(Cl)ccc1OCC(=O)OC(C)C(=O)N(CCC#N)c1ccccc1. The molecule has 0 spiro atoms. The standard InChI is InChI=1S/C21H21ClN2O4/c1-15-13-17(22)9-10-19(15)27-14-20(25)28-16(2)21(26)24(12-6-11-23)18-7-4-3-5-8-18/h3-5,7-10,13,16H,6,12,14H2,1-2H3. The van der Waals surface area contributed by atoms with Gasteiger partial charge in [0.25, 0.3) is 5.91 Å². The van der Waals surface area contributed by atoms with Crippen LogP contribution in [-0.2, 0) is 14.3 Å². The molecule has 0 saturated heterocycles. The fourth-order valence-corrected chi connectivity index (χ4v) is 2.78. The van der Waals surface area contributed by atoms with Gasteiger partial charge in [0.15, 0.2) is 12.7 Å². The van der Waals surface area contributed by atoms with Crippen LogP contribution in [0.3, 0.4) is 0 Å². The first-order valence-electron chi connectivity index (χ1n) is 8.74. The van der Waals surface area contributed by atoms with Gasteiger partial charge in [-0.05, 0) is 49.7 Å². The molecule has 0 aromatic heterocycles. The molecule has 0 fully saturated rings. The Bertz CT molecular complexity index is 864. The van der Waals surface area contributed by atoms with Crippen LogP contribution in [0.1, 0.15) is 18.9 Å². The van der Waals surface area contributed by atoms with Gasteiger partial charge in [-0.2, -0.15) is 5.26 Å². The van der Waals surface area contributed by atoms with E-state index in [9.17, 15) is 9.59 Å². The van der Waals surface area contributed by atoms with Gasteiger partial charge in [-0.15, -0.1) is 0 Å². The van der Waals surface area contributed by atoms with Crippen LogP contribution in [0.25, 0.3) is 0 Å². The largest absolute Gasteiger partial charge is 0.482 e. The molecule has 0 saturated carbocycles. The van der Waals surface area contributed by atoms with Gasteiger partial charge >= 0.3 is 5.97 Å². The summed E-state index contributed by atoms with van der Waals surface area (Å²) in [6.07, 6.45) is -0.846. The van der Waals surface area contributed by atoms with Gasteiger partial charge in [-0.25, -0.2) is 4.79 Å². The van der Waals surface area contributed by atoms with Crippen molar-refractivity contribution in [3.05, 3.63) is 59.1 Å². The van der Waals surface area contributed by atoms with Crippen molar-refractivity contribution in [1.29, 1.82) is 5.26 Å². The smallest absolute Gasteiger partial charge is 0.344 e. The molecule has 2 rings (SSSR count). The number of benzene rings is 2. The average molecular weight is 401 g/mol. The number of halogens is 1. The molecule has 1 unspecified atom stereocenters. The molecule has 28 heavy (non-hydrogen) atoms. The molecule has 6 nitrogen and oxygen atoms in total. The number of rotatable bonds is 8. The lowest BCUT2D eigenvalue weighted by molar-refractivity contribution is -0.155. The molecule has 0 aliphatic rings.